The number of fused-ring (bicyclic) bond motifs is 1. The van der Waals surface area contributed by atoms with Gasteiger partial charge in [0.1, 0.15) is 11.3 Å². The van der Waals surface area contributed by atoms with Gasteiger partial charge in [-0.05, 0) is 29.7 Å². The molecule has 0 aliphatic carbocycles. The van der Waals surface area contributed by atoms with Crippen molar-refractivity contribution in [2.45, 2.75) is 19.8 Å². The molecule has 0 unspecified atom stereocenters. The Bertz CT molecular complexity index is 1130. The van der Waals surface area contributed by atoms with Crippen molar-refractivity contribution in [1.29, 1.82) is 0 Å². The van der Waals surface area contributed by atoms with E-state index in [1.807, 2.05) is 13.8 Å². The number of carbonyl (C=O) groups excluding carboxylic acids is 1. The van der Waals surface area contributed by atoms with Gasteiger partial charge in [-0.15, -0.1) is 0 Å². The molecule has 0 atom stereocenters. The highest BCUT2D eigenvalue weighted by Crippen LogP contribution is 2.34. The zero-order chi connectivity index (χ0) is 20.4. The lowest BCUT2D eigenvalue weighted by molar-refractivity contribution is -0.385. The summed E-state index contributed by atoms with van der Waals surface area (Å²) in [5, 5.41) is 12.0. The van der Waals surface area contributed by atoms with E-state index in [4.69, 9.17) is 9.15 Å². The molecule has 28 heavy (non-hydrogen) atoms. The quantitative estimate of drug-likeness (QED) is 0.278. The molecule has 8 nitrogen and oxygen atoms in total. The molecule has 8 heteroatoms. The summed E-state index contributed by atoms with van der Waals surface area (Å²) in [6.07, 6.45) is 0. The minimum Gasteiger partial charge on any atom is -0.465 e. The fraction of sp³-hybridized carbons (Fsp3) is 0.200. The standard InChI is InChI=1S/C20H17NO7/c1-11(2)15-10-19(22)28-17-9-13(5-6-14(15)17)27-18-8-12(20(23)26-3)4-7-16(18)21(24)25/h4-11H,1-3H3. The van der Waals surface area contributed by atoms with Crippen molar-refractivity contribution in [2.24, 2.45) is 0 Å². The van der Waals surface area contributed by atoms with Crippen molar-refractivity contribution in [2.75, 3.05) is 7.11 Å². The van der Waals surface area contributed by atoms with Gasteiger partial charge in [-0.25, -0.2) is 9.59 Å². The van der Waals surface area contributed by atoms with Crippen LogP contribution in [-0.4, -0.2) is 18.0 Å². The summed E-state index contributed by atoms with van der Waals surface area (Å²) in [5.41, 5.74) is 0.437. The van der Waals surface area contributed by atoms with Gasteiger partial charge < -0.3 is 13.9 Å². The van der Waals surface area contributed by atoms with Crippen LogP contribution in [0.3, 0.4) is 0 Å². The van der Waals surface area contributed by atoms with Crippen LogP contribution < -0.4 is 10.4 Å². The molecule has 0 bridgehead atoms. The Morgan fingerprint density at radius 1 is 1.14 bits per heavy atom. The number of hydrogen-bond acceptors (Lipinski definition) is 7. The van der Waals surface area contributed by atoms with E-state index in [1.165, 1.54) is 37.4 Å². The van der Waals surface area contributed by atoms with Crippen LogP contribution in [0.15, 0.2) is 51.7 Å². The second-order valence-electron chi connectivity index (χ2n) is 6.37. The van der Waals surface area contributed by atoms with Crippen LogP contribution in [-0.2, 0) is 4.74 Å². The highest BCUT2D eigenvalue weighted by Gasteiger charge is 2.20. The van der Waals surface area contributed by atoms with Gasteiger partial charge in [-0.2, -0.15) is 0 Å². The lowest BCUT2D eigenvalue weighted by Gasteiger charge is -2.11. The average Bonchev–Trinajstić information content (AvgIpc) is 2.66. The Balaban J connectivity index is 2.08. The van der Waals surface area contributed by atoms with Gasteiger partial charge >= 0.3 is 17.3 Å². The molecule has 1 aromatic heterocycles. The number of nitro groups is 1. The predicted molar refractivity (Wildman–Crippen MR) is 101 cm³/mol. The largest absolute Gasteiger partial charge is 0.465 e. The number of rotatable bonds is 5. The van der Waals surface area contributed by atoms with Gasteiger partial charge in [0.25, 0.3) is 0 Å². The van der Waals surface area contributed by atoms with Gasteiger partial charge in [0.2, 0.25) is 5.75 Å². The van der Waals surface area contributed by atoms with Gasteiger partial charge in [-0.1, -0.05) is 13.8 Å². The van der Waals surface area contributed by atoms with E-state index in [0.717, 1.165) is 10.9 Å². The number of carbonyl (C=O) groups is 1. The van der Waals surface area contributed by atoms with Crippen LogP contribution in [0.25, 0.3) is 11.0 Å². The van der Waals surface area contributed by atoms with Crippen LogP contribution in [0.5, 0.6) is 11.5 Å². The SMILES string of the molecule is COC(=O)c1ccc([N+](=O)[O-])c(Oc2ccc3c(C(C)C)cc(=O)oc3c2)c1. The van der Waals surface area contributed by atoms with E-state index in [1.54, 1.807) is 12.1 Å². The highest BCUT2D eigenvalue weighted by molar-refractivity contribution is 5.90. The Hall–Kier alpha value is -3.68. The fourth-order valence-electron chi connectivity index (χ4n) is 2.83. The minimum atomic E-state index is -0.647. The van der Waals surface area contributed by atoms with E-state index < -0.39 is 16.5 Å². The summed E-state index contributed by atoms with van der Waals surface area (Å²) in [4.78, 5) is 34.2. The van der Waals surface area contributed by atoms with E-state index in [-0.39, 0.29) is 28.7 Å². The summed E-state index contributed by atoms with van der Waals surface area (Å²) in [6, 6.07) is 9.94. The smallest absolute Gasteiger partial charge is 0.337 e. The minimum absolute atomic E-state index is 0.108. The van der Waals surface area contributed by atoms with Crippen LogP contribution in [0, 0.1) is 10.1 Å². The summed E-state index contributed by atoms with van der Waals surface area (Å²) >= 11 is 0. The Morgan fingerprint density at radius 3 is 2.54 bits per heavy atom. The summed E-state index contributed by atoms with van der Waals surface area (Å²) in [6.45, 7) is 3.92. The highest BCUT2D eigenvalue weighted by atomic mass is 16.6. The molecule has 0 aliphatic rings. The molecule has 0 fully saturated rings. The number of nitrogens with zero attached hydrogens (tertiary/aromatic N) is 1. The summed E-state index contributed by atoms with van der Waals surface area (Å²) in [5.74, 6) is -0.446. The number of benzene rings is 2. The number of methoxy groups -OCH3 is 1. The van der Waals surface area contributed by atoms with Crippen molar-refractivity contribution in [3.63, 3.8) is 0 Å². The second-order valence-corrected chi connectivity index (χ2v) is 6.37. The summed E-state index contributed by atoms with van der Waals surface area (Å²) in [7, 11) is 1.21. The third kappa shape index (κ3) is 3.71. The zero-order valence-electron chi connectivity index (χ0n) is 15.4. The molecule has 2 aromatic carbocycles. The van der Waals surface area contributed by atoms with Crippen molar-refractivity contribution >= 4 is 22.6 Å². The first-order chi connectivity index (χ1) is 13.3. The van der Waals surface area contributed by atoms with Crippen LogP contribution >= 0.6 is 0 Å². The van der Waals surface area contributed by atoms with Gasteiger partial charge in [-0.3, -0.25) is 10.1 Å². The third-order valence-corrected chi connectivity index (χ3v) is 4.18. The molecule has 0 saturated carbocycles. The van der Waals surface area contributed by atoms with Crippen molar-refractivity contribution < 1.29 is 23.6 Å². The van der Waals surface area contributed by atoms with Crippen LogP contribution in [0.4, 0.5) is 5.69 Å². The Labute approximate surface area is 159 Å². The maximum Gasteiger partial charge on any atom is 0.337 e. The molecule has 0 aliphatic heterocycles. The maximum absolute atomic E-state index is 11.8. The first-order valence-electron chi connectivity index (χ1n) is 8.42. The maximum atomic E-state index is 11.8. The first kappa shape index (κ1) is 19.1. The molecule has 1 heterocycles. The molecule has 0 saturated heterocycles. The molecule has 3 aromatic rings. The lowest BCUT2D eigenvalue weighted by Crippen LogP contribution is -2.03. The monoisotopic (exact) mass is 383 g/mol. The van der Waals surface area contributed by atoms with E-state index >= 15 is 0 Å². The van der Waals surface area contributed by atoms with Crippen LogP contribution in [0.1, 0.15) is 35.7 Å². The Kier molecular flexibility index (Phi) is 5.12. The Morgan fingerprint density at radius 2 is 1.89 bits per heavy atom. The molecule has 0 amide bonds. The zero-order valence-corrected chi connectivity index (χ0v) is 15.4. The van der Waals surface area contributed by atoms with E-state index in [9.17, 15) is 19.7 Å². The number of esters is 1. The predicted octanol–water partition coefficient (Wildman–Crippen LogP) is 4.40. The van der Waals surface area contributed by atoms with Crippen LogP contribution in [0.2, 0.25) is 0 Å². The third-order valence-electron chi connectivity index (χ3n) is 4.18. The molecule has 0 radical (unpaired) electrons. The number of ether oxygens (including phenoxy) is 2. The van der Waals surface area contributed by atoms with E-state index in [2.05, 4.69) is 4.74 Å². The number of hydrogen-bond donors (Lipinski definition) is 0. The number of nitro benzene ring substituents is 1. The molecule has 3 rings (SSSR count). The van der Waals surface area contributed by atoms with Gasteiger partial charge in [0, 0.05) is 29.7 Å². The second kappa shape index (κ2) is 7.51. The molecule has 0 N–H and O–H groups in total. The molecule has 0 spiro atoms. The lowest BCUT2D eigenvalue weighted by atomic mass is 10.00. The van der Waals surface area contributed by atoms with Gasteiger partial charge in [0.15, 0.2) is 0 Å². The van der Waals surface area contributed by atoms with E-state index in [0.29, 0.717) is 5.58 Å². The van der Waals surface area contributed by atoms with Crippen molar-refractivity contribution in [1.82, 2.24) is 0 Å². The molecule has 144 valence electrons. The molecular formula is C20H17NO7. The van der Waals surface area contributed by atoms with Gasteiger partial charge in [0.05, 0.1) is 17.6 Å². The normalized spacial score (nSPS) is 10.9. The first-order valence-corrected chi connectivity index (χ1v) is 8.42. The van der Waals surface area contributed by atoms with Crippen molar-refractivity contribution in [3.8, 4) is 11.5 Å². The molecular weight excluding hydrogens is 366 g/mol. The topological polar surface area (TPSA) is 109 Å². The summed E-state index contributed by atoms with van der Waals surface area (Å²) < 4.78 is 15.5. The average molecular weight is 383 g/mol. The van der Waals surface area contributed by atoms with Crippen molar-refractivity contribution in [3.05, 3.63) is 74.1 Å². The fourth-order valence-corrected chi connectivity index (χ4v) is 2.83.